The third-order valence-corrected chi connectivity index (χ3v) is 5.75. The summed E-state index contributed by atoms with van der Waals surface area (Å²) in [5.74, 6) is 0.863. The van der Waals surface area contributed by atoms with Crippen LogP contribution in [0.4, 0.5) is 22.2 Å². The van der Waals surface area contributed by atoms with Crippen molar-refractivity contribution in [2.75, 3.05) is 67.8 Å². The molecule has 2 saturated heterocycles. The summed E-state index contributed by atoms with van der Waals surface area (Å²) >= 11 is 0. The van der Waals surface area contributed by atoms with E-state index in [9.17, 15) is 9.18 Å². The van der Waals surface area contributed by atoms with Crippen molar-refractivity contribution in [2.45, 2.75) is 0 Å². The second-order valence-electron chi connectivity index (χ2n) is 8.29. The molecule has 12 heteroatoms. The molecule has 11 nitrogen and oxygen atoms in total. The fraction of sp³-hybridized carbons (Fsp3) is 0.320. The molecule has 3 aromatic rings. The topological polar surface area (TPSA) is 114 Å². The van der Waals surface area contributed by atoms with Crippen LogP contribution >= 0.6 is 0 Å². The number of rotatable bonds is 7. The van der Waals surface area contributed by atoms with Crippen LogP contribution in [0.1, 0.15) is 15.9 Å². The number of carbonyl (C=O) groups is 1. The van der Waals surface area contributed by atoms with Crippen LogP contribution in [0, 0.1) is 5.82 Å². The lowest BCUT2D eigenvalue weighted by Crippen LogP contribution is -2.40. The molecule has 0 spiro atoms. The number of hydrazone groups is 1. The van der Waals surface area contributed by atoms with Crippen molar-refractivity contribution in [3.63, 3.8) is 0 Å². The highest BCUT2D eigenvalue weighted by Gasteiger charge is 2.20. The summed E-state index contributed by atoms with van der Waals surface area (Å²) in [5.41, 5.74) is 3.93. The number of esters is 1. The number of ether oxygens (including phenoxy) is 3. The van der Waals surface area contributed by atoms with E-state index in [4.69, 9.17) is 14.2 Å². The third kappa shape index (κ3) is 6.54. The summed E-state index contributed by atoms with van der Waals surface area (Å²) in [5, 5.41) is 4.27. The van der Waals surface area contributed by atoms with Crippen LogP contribution in [-0.4, -0.2) is 79.7 Å². The zero-order chi connectivity index (χ0) is 25.5. The van der Waals surface area contributed by atoms with E-state index < -0.39 is 11.8 Å². The highest BCUT2D eigenvalue weighted by Crippen LogP contribution is 2.19. The van der Waals surface area contributed by atoms with Crippen molar-refractivity contribution in [1.82, 2.24) is 15.0 Å². The molecule has 0 radical (unpaired) electrons. The number of nitrogens with zero attached hydrogens (tertiary/aromatic N) is 6. The monoisotopic (exact) mass is 507 g/mol. The molecule has 1 aromatic heterocycles. The van der Waals surface area contributed by atoms with Crippen molar-refractivity contribution in [2.24, 2.45) is 5.10 Å². The van der Waals surface area contributed by atoms with Gasteiger partial charge in [-0.05, 0) is 54.1 Å². The lowest BCUT2D eigenvalue weighted by molar-refractivity contribution is 0.0734. The molecule has 3 heterocycles. The molecule has 2 aliphatic rings. The predicted octanol–water partition coefficient (Wildman–Crippen LogP) is 2.35. The number of morpholine rings is 2. The summed E-state index contributed by atoms with van der Waals surface area (Å²) < 4.78 is 29.3. The molecule has 192 valence electrons. The molecule has 2 aliphatic heterocycles. The van der Waals surface area contributed by atoms with E-state index >= 15 is 0 Å². The fourth-order valence-corrected chi connectivity index (χ4v) is 3.75. The Kier molecular flexibility index (Phi) is 7.77. The molecule has 37 heavy (non-hydrogen) atoms. The Bertz CT molecular complexity index is 1190. The molecule has 0 atom stereocenters. The van der Waals surface area contributed by atoms with Crippen LogP contribution < -0.4 is 20.0 Å². The zero-order valence-electron chi connectivity index (χ0n) is 20.0. The van der Waals surface area contributed by atoms with E-state index in [0.29, 0.717) is 76.2 Å². The van der Waals surface area contributed by atoms with Crippen molar-refractivity contribution in [1.29, 1.82) is 0 Å². The number of anilines is 3. The van der Waals surface area contributed by atoms with Gasteiger partial charge in [-0.2, -0.15) is 20.1 Å². The van der Waals surface area contributed by atoms with Gasteiger partial charge in [0.05, 0.1) is 38.2 Å². The Morgan fingerprint density at radius 2 is 1.43 bits per heavy atom. The first-order valence-electron chi connectivity index (χ1n) is 11.9. The Labute approximate surface area is 212 Å². The first-order valence-corrected chi connectivity index (χ1v) is 11.9. The van der Waals surface area contributed by atoms with Crippen molar-refractivity contribution < 1.29 is 23.4 Å². The molecule has 0 unspecified atom stereocenters. The number of aromatic nitrogens is 3. The van der Waals surface area contributed by atoms with E-state index in [2.05, 4.69) is 35.3 Å². The third-order valence-electron chi connectivity index (χ3n) is 5.75. The molecule has 0 bridgehead atoms. The normalized spacial score (nSPS) is 16.1. The fourth-order valence-electron chi connectivity index (χ4n) is 3.75. The minimum Gasteiger partial charge on any atom is -0.423 e. The van der Waals surface area contributed by atoms with Crippen LogP contribution in [0.2, 0.25) is 0 Å². The summed E-state index contributed by atoms with van der Waals surface area (Å²) in [6.45, 7) is 5.29. The minimum atomic E-state index is -0.565. The molecule has 0 amide bonds. The minimum absolute atomic E-state index is 0.265. The van der Waals surface area contributed by atoms with Crippen molar-refractivity contribution in [3.8, 4) is 5.75 Å². The van der Waals surface area contributed by atoms with E-state index in [1.807, 2.05) is 0 Å². The maximum Gasteiger partial charge on any atom is 0.343 e. The van der Waals surface area contributed by atoms with E-state index in [-0.39, 0.29) is 5.56 Å². The second-order valence-corrected chi connectivity index (χ2v) is 8.29. The standard InChI is InChI=1S/C25H26FN7O4/c26-20-5-3-19(4-6-20)22(34)37-21-7-1-18(2-8-21)17-27-31-23-28-24(32-9-13-35-14-10-32)30-25(29-23)33-11-15-36-16-12-33/h1-8,17H,9-16H2,(H,28,29,30,31)/b27-17-. The maximum absolute atomic E-state index is 13.0. The lowest BCUT2D eigenvalue weighted by atomic mass is 10.2. The quantitative estimate of drug-likeness (QED) is 0.221. The Hall–Kier alpha value is -4.16. The summed E-state index contributed by atoms with van der Waals surface area (Å²) in [7, 11) is 0. The summed E-state index contributed by atoms with van der Waals surface area (Å²) in [4.78, 5) is 30.1. The number of halogens is 1. The van der Waals surface area contributed by atoms with E-state index in [0.717, 1.165) is 5.56 Å². The first kappa shape index (κ1) is 24.5. The molecule has 0 aliphatic carbocycles. The smallest absolute Gasteiger partial charge is 0.343 e. The van der Waals surface area contributed by atoms with Crippen LogP contribution in [0.3, 0.4) is 0 Å². The van der Waals surface area contributed by atoms with E-state index in [1.165, 1.54) is 24.3 Å². The lowest BCUT2D eigenvalue weighted by Gasteiger charge is -2.30. The van der Waals surface area contributed by atoms with Gasteiger partial charge in [-0.1, -0.05) is 0 Å². The van der Waals surface area contributed by atoms with Gasteiger partial charge in [-0.25, -0.2) is 14.6 Å². The second kappa shape index (κ2) is 11.7. The number of hydrogen-bond donors (Lipinski definition) is 1. The Morgan fingerprint density at radius 1 is 0.865 bits per heavy atom. The molecule has 0 saturated carbocycles. The van der Waals surface area contributed by atoms with Gasteiger partial charge in [0, 0.05) is 26.2 Å². The highest BCUT2D eigenvalue weighted by molar-refractivity contribution is 5.91. The van der Waals surface area contributed by atoms with Crippen LogP contribution in [-0.2, 0) is 9.47 Å². The average Bonchev–Trinajstić information content (AvgIpc) is 2.95. The number of nitrogens with one attached hydrogen (secondary N) is 1. The van der Waals surface area contributed by atoms with Crippen LogP contribution in [0.25, 0.3) is 0 Å². The molecule has 5 rings (SSSR count). The summed E-state index contributed by atoms with van der Waals surface area (Å²) in [6.07, 6.45) is 1.61. The average molecular weight is 508 g/mol. The van der Waals surface area contributed by atoms with Gasteiger partial charge in [0.25, 0.3) is 0 Å². The summed E-state index contributed by atoms with van der Waals surface area (Å²) in [6, 6.07) is 12.0. The highest BCUT2D eigenvalue weighted by atomic mass is 19.1. The number of hydrogen-bond acceptors (Lipinski definition) is 11. The van der Waals surface area contributed by atoms with Gasteiger partial charge >= 0.3 is 5.97 Å². The molecule has 1 N–H and O–H groups in total. The molecule has 2 fully saturated rings. The van der Waals surface area contributed by atoms with Crippen LogP contribution in [0.5, 0.6) is 5.75 Å². The largest absolute Gasteiger partial charge is 0.423 e. The SMILES string of the molecule is O=C(Oc1ccc(/C=N\Nc2nc(N3CCOCC3)nc(N3CCOCC3)n2)cc1)c1ccc(F)cc1. The maximum atomic E-state index is 13.0. The van der Waals surface area contributed by atoms with E-state index in [1.54, 1.807) is 30.5 Å². The van der Waals surface area contributed by atoms with Gasteiger partial charge in [0.2, 0.25) is 17.8 Å². The van der Waals surface area contributed by atoms with Crippen LogP contribution in [0.15, 0.2) is 53.6 Å². The number of carbonyl (C=O) groups excluding carboxylic acids is 1. The zero-order valence-corrected chi connectivity index (χ0v) is 20.0. The van der Waals surface area contributed by atoms with Gasteiger partial charge in [0.15, 0.2) is 0 Å². The van der Waals surface area contributed by atoms with Crippen molar-refractivity contribution >= 4 is 30.0 Å². The molecular weight excluding hydrogens is 481 g/mol. The van der Waals surface area contributed by atoms with Gasteiger partial charge in [-0.3, -0.25) is 0 Å². The van der Waals surface area contributed by atoms with Crippen molar-refractivity contribution in [3.05, 3.63) is 65.5 Å². The predicted molar refractivity (Wildman–Crippen MR) is 135 cm³/mol. The Morgan fingerprint density at radius 3 is 2.00 bits per heavy atom. The first-order chi connectivity index (χ1) is 18.1. The molecule has 2 aromatic carbocycles. The van der Waals surface area contributed by atoms with Gasteiger partial charge in [0.1, 0.15) is 11.6 Å². The van der Waals surface area contributed by atoms with Gasteiger partial charge in [-0.15, -0.1) is 0 Å². The van der Waals surface area contributed by atoms with Gasteiger partial charge < -0.3 is 24.0 Å². The molecular formula is C25H26FN7O4. The number of benzene rings is 2. The Balaban J connectivity index is 1.24.